The number of amides is 2. The van der Waals surface area contributed by atoms with Crippen LogP contribution < -0.4 is 5.32 Å². The summed E-state index contributed by atoms with van der Waals surface area (Å²) in [6, 6.07) is 4.93. The predicted octanol–water partition coefficient (Wildman–Crippen LogP) is 1.62. The molecule has 0 aromatic heterocycles. The van der Waals surface area contributed by atoms with Crippen LogP contribution in [-0.2, 0) is 9.53 Å². The SMILES string of the molecule is CCN(CC(=O)OC)C(=O)Nc1ccc([N+](=O)[O-])cc1. The number of likely N-dealkylation sites (N-methyl/N-ethyl adjacent to an activating group) is 1. The number of urea groups is 1. The minimum atomic E-state index is -0.527. The van der Waals surface area contributed by atoms with Gasteiger partial charge in [0.05, 0.1) is 12.0 Å². The molecule has 108 valence electrons. The number of esters is 1. The Labute approximate surface area is 115 Å². The first-order valence-corrected chi connectivity index (χ1v) is 5.85. The second-order valence-corrected chi connectivity index (χ2v) is 3.82. The predicted molar refractivity (Wildman–Crippen MR) is 71.4 cm³/mol. The van der Waals surface area contributed by atoms with Crippen molar-refractivity contribution in [2.75, 3.05) is 25.5 Å². The summed E-state index contributed by atoms with van der Waals surface area (Å²) in [7, 11) is 1.24. The van der Waals surface area contributed by atoms with E-state index >= 15 is 0 Å². The van der Waals surface area contributed by atoms with E-state index in [0.29, 0.717) is 12.2 Å². The van der Waals surface area contributed by atoms with Crippen LogP contribution >= 0.6 is 0 Å². The molecule has 0 fully saturated rings. The quantitative estimate of drug-likeness (QED) is 0.502. The van der Waals surface area contributed by atoms with Crippen molar-refractivity contribution in [3.63, 3.8) is 0 Å². The first kappa shape index (κ1) is 15.4. The van der Waals surface area contributed by atoms with Crippen LogP contribution in [0, 0.1) is 10.1 Å². The van der Waals surface area contributed by atoms with Crippen LogP contribution in [0.5, 0.6) is 0 Å². The summed E-state index contributed by atoms with van der Waals surface area (Å²) in [5.74, 6) is -0.523. The molecule has 1 aromatic rings. The molecular formula is C12H15N3O5. The number of carbonyl (C=O) groups excluding carboxylic acids is 2. The minimum Gasteiger partial charge on any atom is -0.468 e. The van der Waals surface area contributed by atoms with Crippen LogP contribution in [0.4, 0.5) is 16.2 Å². The fourth-order valence-electron chi connectivity index (χ4n) is 1.42. The number of rotatable bonds is 5. The number of nitro benzene ring substituents is 1. The Kier molecular flexibility index (Phi) is 5.45. The molecular weight excluding hydrogens is 266 g/mol. The number of nitro groups is 1. The van der Waals surface area contributed by atoms with E-state index < -0.39 is 16.9 Å². The second kappa shape index (κ2) is 7.07. The Morgan fingerprint density at radius 2 is 1.95 bits per heavy atom. The number of benzene rings is 1. The molecule has 0 aliphatic heterocycles. The molecule has 1 N–H and O–H groups in total. The highest BCUT2D eigenvalue weighted by molar-refractivity contribution is 5.91. The zero-order valence-electron chi connectivity index (χ0n) is 11.2. The standard InChI is InChI=1S/C12H15N3O5/c1-3-14(8-11(16)20-2)12(17)13-9-4-6-10(7-5-9)15(18)19/h4-7H,3,8H2,1-2H3,(H,13,17). The monoisotopic (exact) mass is 281 g/mol. The molecule has 0 bridgehead atoms. The summed E-state index contributed by atoms with van der Waals surface area (Å²) < 4.78 is 4.49. The van der Waals surface area contributed by atoms with Gasteiger partial charge in [-0.2, -0.15) is 0 Å². The molecule has 0 unspecified atom stereocenters. The number of non-ortho nitro benzene ring substituents is 1. The van der Waals surface area contributed by atoms with Gasteiger partial charge < -0.3 is 15.0 Å². The summed E-state index contributed by atoms with van der Waals surface area (Å²) in [4.78, 5) is 34.3. The average Bonchev–Trinajstić information content (AvgIpc) is 2.44. The van der Waals surface area contributed by atoms with Crippen molar-refractivity contribution >= 4 is 23.4 Å². The third-order valence-corrected chi connectivity index (χ3v) is 2.55. The number of hydrogen-bond donors (Lipinski definition) is 1. The van der Waals surface area contributed by atoms with E-state index in [0.717, 1.165) is 0 Å². The number of nitrogens with one attached hydrogen (secondary N) is 1. The van der Waals surface area contributed by atoms with E-state index in [2.05, 4.69) is 10.1 Å². The van der Waals surface area contributed by atoms with E-state index in [1.54, 1.807) is 6.92 Å². The number of nitrogens with zero attached hydrogens (tertiary/aromatic N) is 2. The molecule has 8 heteroatoms. The van der Waals surface area contributed by atoms with Gasteiger partial charge in [0.2, 0.25) is 0 Å². The second-order valence-electron chi connectivity index (χ2n) is 3.82. The summed E-state index contributed by atoms with van der Waals surface area (Å²) in [6.07, 6.45) is 0. The van der Waals surface area contributed by atoms with E-state index in [9.17, 15) is 19.7 Å². The van der Waals surface area contributed by atoms with Gasteiger partial charge in [-0.1, -0.05) is 0 Å². The van der Waals surface area contributed by atoms with Crippen LogP contribution in [0.15, 0.2) is 24.3 Å². The maximum atomic E-state index is 11.9. The molecule has 1 aromatic carbocycles. The normalized spacial score (nSPS) is 9.70. The summed E-state index contributed by atoms with van der Waals surface area (Å²) in [5, 5.41) is 13.0. The van der Waals surface area contributed by atoms with Gasteiger partial charge in [-0.25, -0.2) is 4.79 Å². The van der Waals surface area contributed by atoms with Gasteiger partial charge in [0.1, 0.15) is 6.54 Å². The minimum absolute atomic E-state index is 0.0649. The highest BCUT2D eigenvalue weighted by atomic mass is 16.6. The van der Waals surface area contributed by atoms with Crippen molar-refractivity contribution in [3.05, 3.63) is 34.4 Å². The van der Waals surface area contributed by atoms with Crippen LogP contribution in [-0.4, -0.2) is 42.0 Å². The summed E-state index contributed by atoms with van der Waals surface area (Å²) >= 11 is 0. The molecule has 0 aliphatic carbocycles. The zero-order chi connectivity index (χ0) is 15.1. The van der Waals surface area contributed by atoms with Gasteiger partial charge in [-0.05, 0) is 19.1 Å². The van der Waals surface area contributed by atoms with Gasteiger partial charge in [-0.15, -0.1) is 0 Å². The maximum absolute atomic E-state index is 11.9. The van der Waals surface area contributed by atoms with Gasteiger partial charge in [0, 0.05) is 24.4 Å². The topological polar surface area (TPSA) is 102 Å². The van der Waals surface area contributed by atoms with Crippen molar-refractivity contribution in [2.45, 2.75) is 6.92 Å². The van der Waals surface area contributed by atoms with E-state index in [-0.39, 0.29) is 12.2 Å². The maximum Gasteiger partial charge on any atom is 0.325 e. The fraction of sp³-hybridized carbons (Fsp3) is 0.333. The van der Waals surface area contributed by atoms with Crippen molar-refractivity contribution in [2.24, 2.45) is 0 Å². The third-order valence-electron chi connectivity index (χ3n) is 2.55. The van der Waals surface area contributed by atoms with Crippen LogP contribution in [0.25, 0.3) is 0 Å². The number of anilines is 1. The fourth-order valence-corrected chi connectivity index (χ4v) is 1.42. The molecule has 20 heavy (non-hydrogen) atoms. The van der Waals surface area contributed by atoms with E-state index in [1.807, 2.05) is 0 Å². The molecule has 0 heterocycles. The zero-order valence-corrected chi connectivity index (χ0v) is 11.2. The van der Waals surface area contributed by atoms with Gasteiger partial charge >= 0.3 is 12.0 Å². The largest absolute Gasteiger partial charge is 0.468 e. The van der Waals surface area contributed by atoms with Gasteiger partial charge in [-0.3, -0.25) is 14.9 Å². The Morgan fingerprint density at radius 1 is 1.35 bits per heavy atom. The number of ether oxygens (including phenoxy) is 1. The highest BCUT2D eigenvalue weighted by Crippen LogP contribution is 2.15. The Morgan fingerprint density at radius 3 is 2.40 bits per heavy atom. The van der Waals surface area contributed by atoms with E-state index in [4.69, 9.17) is 0 Å². The van der Waals surface area contributed by atoms with Gasteiger partial charge in [0.25, 0.3) is 5.69 Å². The van der Waals surface area contributed by atoms with Crippen LogP contribution in [0.1, 0.15) is 6.92 Å². The lowest BCUT2D eigenvalue weighted by atomic mass is 10.3. The molecule has 0 atom stereocenters. The lowest BCUT2D eigenvalue weighted by molar-refractivity contribution is -0.384. The van der Waals surface area contributed by atoms with Gasteiger partial charge in [0.15, 0.2) is 0 Å². The van der Waals surface area contributed by atoms with Crippen LogP contribution in [0.3, 0.4) is 0 Å². The molecule has 0 aliphatic rings. The lowest BCUT2D eigenvalue weighted by Crippen LogP contribution is -2.38. The summed E-state index contributed by atoms with van der Waals surface area (Å²) in [6.45, 7) is 1.89. The highest BCUT2D eigenvalue weighted by Gasteiger charge is 2.16. The number of carbonyl (C=O) groups is 2. The number of hydrogen-bond acceptors (Lipinski definition) is 5. The Hall–Kier alpha value is -2.64. The smallest absolute Gasteiger partial charge is 0.325 e. The lowest BCUT2D eigenvalue weighted by Gasteiger charge is -2.19. The molecule has 1 rings (SSSR count). The molecule has 0 saturated heterocycles. The third kappa shape index (κ3) is 4.23. The molecule has 0 spiro atoms. The Balaban J connectivity index is 2.68. The van der Waals surface area contributed by atoms with Crippen molar-refractivity contribution in [1.82, 2.24) is 4.90 Å². The Bertz CT molecular complexity index is 500. The summed E-state index contributed by atoms with van der Waals surface area (Å²) in [5.41, 5.74) is 0.342. The molecule has 8 nitrogen and oxygen atoms in total. The number of methoxy groups -OCH3 is 1. The van der Waals surface area contributed by atoms with Crippen molar-refractivity contribution < 1.29 is 19.2 Å². The van der Waals surface area contributed by atoms with E-state index in [1.165, 1.54) is 36.3 Å². The van der Waals surface area contributed by atoms with Crippen molar-refractivity contribution in [1.29, 1.82) is 0 Å². The molecule has 0 radical (unpaired) electrons. The average molecular weight is 281 g/mol. The molecule has 0 saturated carbocycles. The van der Waals surface area contributed by atoms with Crippen molar-refractivity contribution in [3.8, 4) is 0 Å². The molecule has 2 amide bonds. The van der Waals surface area contributed by atoms with Crippen LogP contribution in [0.2, 0.25) is 0 Å². The first-order valence-electron chi connectivity index (χ1n) is 5.85. The first-order chi connectivity index (χ1) is 9.47.